The predicted octanol–water partition coefficient (Wildman–Crippen LogP) is 3.06. The van der Waals surface area contributed by atoms with Gasteiger partial charge in [-0.25, -0.2) is 4.98 Å². The monoisotopic (exact) mass is 367 g/mol. The van der Waals surface area contributed by atoms with E-state index >= 15 is 0 Å². The molecular weight excluding hydrogens is 346 g/mol. The van der Waals surface area contributed by atoms with Gasteiger partial charge in [0.05, 0.1) is 23.4 Å². The van der Waals surface area contributed by atoms with E-state index in [0.717, 1.165) is 21.8 Å². The number of nitrogens with one attached hydrogen (secondary N) is 2. The quantitative estimate of drug-likeness (QED) is 0.538. The lowest BCUT2D eigenvalue weighted by molar-refractivity contribution is 0.0954. The van der Waals surface area contributed by atoms with E-state index < -0.39 is 0 Å². The third-order valence-corrected chi connectivity index (χ3v) is 4.92. The number of rotatable bonds is 5. The number of imidazole rings is 1. The van der Waals surface area contributed by atoms with E-state index in [1.54, 1.807) is 11.2 Å². The van der Waals surface area contributed by atoms with Crippen molar-refractivity contribution < 1.29 is 4.79 Å². The summed E-state index contributed by atoms with van der Waals surface area (Å²) in [5, 5.41) is 10.9. The molecule has 0 aliphatic carbocycles. The summed E-state index contributed by atoms with van der Waals surface area (Å²) >= 11 is 1.48. The number of amidine groups is 1. The van der Waals surface area contributed by atoms with Gasteiger partial charge in [-0.2, -0.15) is 0 Å². The number of aryl methyl sites for hydroxylation is 1. The van der Waals surface area contributed by atoms with Crippen LogP contribution in [0.1, 0.15) is 25.8 Å². The van der Waals surface area contributed by atoms with Gasteiger partial charge in [-0.1, -0.05) is 0 Å². The molecular formula is C19H21N5OS. The molecule has 3 aromatic rings. The highest BCUT2D eigenvalue weighted by molar-refractivity contribution is 7.13. The van der Waals surface area contributed by atoms with Gasteiger partial charge >= 0.3 is 0 Å². The first-order valence-electron chi connectivity index (χ1n) is 8.18. The standard InChI is InChI=1S/C19H21N5OS/c1-13-4-9-17(26-13)19(25)21-10-15-11-24(12-22-15)16-7-5-14(6-8-16)18(20)23(2)3/h4-9,11-12,20H,10H2,1-3H3,(H,21,25). The number of benzene rings is 1. The zero-order chi connectivity index (χ0) is 18.7. The second kappa shape index (κ2) is 7.53. The molecule has 0 aliphatic heterocycles. The first-order valence-corrected chi connectivity index (χ1v) is 9.00. The van der Waals surface area contributed by atoms with E-state index in [0.29, 0.717) is 17.3 Å². The van der Waals surface area contributed by atoms with Gasteiger partial charge in [-0.05, 0) is 43.3 Å². The Morgan fingerprint density at radius 3 is 2.58 bits per heavy atom. The highest BCUT2D eigenvalue weighted by atomic mass is 32.1. The van der Waals surface area contributed by atoms with Crippen LogP contribution in [0.5, 0.6) is 0 Å². The van der Waals surface area contributed by atoms with Crippen molar-refractivity contribution in [1.29, 1.82) is 5.41 Å². The fourth-order valence-corrected chi connectivity index (χ4v) is 3.24. The molecule has 1 aromatic carbocycles. The smallest absolute Gasteiger partial charge is 0.261 e. The van der Waals surface area contributed by atoms with Crippen LogP contribution in [0.3, 0.4) is 0 Å². The fourth-order valence-electron chi connectivity index (χ4n) is 2.46. The lowest BCUT2D eigenvalue weighted by Crippen LogP contribution is -2.21. The van der Waals surface area contributed by atoms with Crippen LogP contribution >= 0.6 is 11.3 Å². The molecule has 3 rings (SSSR count). The number of hydrogen-bond acceptors (Lipinski definition) is 4. The summed E-state index contributed by atoms with van der Waals surface area (Å²) in [5.41, 5.74) is 2.61. The number of hydrogen-bond donors (Lipinski definition) is 2. The van der Waals surface area contributed by atoms with Gasteiger partial charge in [-0.15, -0.1) is 11.3 Å². The average Bonchev–Trinajstić information content (AvgIpc) is 3.28. The maximum atomic E-state index is 12.1. The molecule has 0 saturated heterocycles. The fraction of sp³-hybridized carbons (Fsp3) is 0.211. The average molecular weight is 367 g/mol. The molecule has 134 valence electrons. The Bertz CT molecular complexity index is 924. The minimum absolute atomic E-state index is 0.0794. The summed E-state index contributed by atoms with van der Waals surface area (Å²) in [5.74, 6) is 0.388. The van der Waals surface area contributed by atoms with Crippen molar-refractivity contribution in [2.45, 2.75) is 13.5 Å². The Morgan fingerprint density at radius 2 is 1.96 bits per heavy atom. The molecule has 2 heterocycles. The largest absolute Gasteiger partial charge is 0.363 e. The van der Waals surface area contributed by atoms with Crippen LogP contribution in [0.4, 0.5) is 0 Å². The minimum Gasteiger partial charge on any atom is -0.363 e. The van der Waals surface area contributed by atoms with Crippen molar-refractivity contribution >= 4 is 23.1 Å². The Hall–Kier alpha value is -2.93. The Balaban J connectivity index is 1.64. The third-order valence-electron chi connectivity index (χ3n) is 3.92. The van der Waals surface area contributed by atoms with Crippen molar-refractivity contribution in [3.63, 3.8) is 0 Å². The number of nitrogens with zero attached hydrogens (tertiary/aromatic N) is 3. The van der Waals surface area contributed by atoms with Crippen molar-refractivity contribution in [3.05, 3.63) is 69.9 Å². The van der Waals surface area contributed by atoms with Crippen molar-refractivity contribution in [1.82, 2.24) is 19.8 Å². The van der Waals surface area contributed by atoms with Gasteiger partial charge < -0.3 is 14.8 Å². The zero-order valence-corrected chi connectivity index (χ0v) is 15.8. The first-order chi connectivity index (χ1) is 12.4. The predicted molar refractivity (Wildman–Crippen MR) is 104 cm³/mol. The van der Waals surface area contributed by atoms with Crippen molar-refractivity contribution in [2.75, 3.05) is 14.1 Å². The molecule has 2 aromatic heterocycles. The maximum absolute atomic E-state index is 12.1. The van der Waals surface area contributed by atoms with Gasteiger partial charge in [0.15, 0.2) is 0 Å². The number of thiophene rings is 1. The molecule has 0 bridgehead atoms. The van der Waals surface area contributed by atoms with Gasteiger partial charge in [0.2, 0.25) is 0 Å². The van der Waals surface area contributed by atoms with Crippen molar-refractivity contribution in [3.8, 4) is 5.69 Å². The number of carbonyl (C=O) groups is 1. The highest BCUT2D eigenvalue weighted by Crippen LogP contribution is 2.15. The summed E-state index contributed by atoms with van der Waals surface area (Å²) in [7, 11) is 3.70. The summed E-state index contributed by atoms with van der Waals surface area (Å²) in [4.78, 5) is 20.0. The van der Waals surface area contributed by atoms with E-state index in [1.807, 2.05) is 68.2 Å². The van der Waals surface area contributed by atoms with E-state index in [9.17, 15) is 4.79 Å². The second-order valence-corrected chi connectivity index (χ2v) is 7.44. The summed E-state index contributed by atoms with van der Waals surface area (Å²) in [6.07, 6.45) is 3.62. The topological polar surface area (TPSA) is 74.0 Å². The summed E-state index contributed by atoms with van der Waals surface area (Å²) in [6, 6.07) is 11.5. The molecule has 0 unspecified atom stereocenters. The molecule has 0 atom stereocenters. The van der Waals surface area contributed by atoms with Gasteiger partial charge in [0.1, 0.15) is 5.84 Å². The molecule has 0 saturated carbocycles. The molecule has 0 radical (unpaired) electrons. The van der Waals surface area contributed by atoms with Crippen LogP contribution in [-0.2, 0) is 6.54 Å². The molecule has 7 heteroatoms. The van der Waals surface area contributed by atoms with Crippen LogP contribution in [0.2, 0.25) is 0 Å². The first kappa shape index (κ1) is 17.9. The molecule has 26 heavy (non-hydrogen) atoms. The van der Waals surface area contributed by atoms with Crippen LogP contribution in [0, 0.1) is 12.3 Å². The van der Waals surface area contributed by atoms with Gasteiger partial charge in [-0.3, -0.25) is 10.2 Å². The van der Waals surface area contributed by atoms with Crippen LogP contribution in [-0.4, -0.2) is 40.3 Å². The van der Waals surface area contributed by atoms with Crippen LogP contribution < -0.4 is 5.32 Å². The zero-order valence-electron chi connectivity index (χ0n) is 15.0. The molecule has 2 N–H and O–H groups in total. The molecule has 1 amide bonds. The van der Waals surface area contributed by atoms with E-state index in [1.165, 1.54) is 11.3 Å². The number of aromatic nitrogens is 2. The van der Waals surface area contributed by atoms with Crippen LogP contribution in [0.15, 0.2) is 48.9 Å². The molecule has 6 nitrogen and oxygen atoms in total. The molecule has 0 spiro atoms. The van der Waals surface area contributed by atoms with Crippen LogP contribution in [0.25, 0.3) is 5.69 Å². The maximum Gasteiger partial charge on any atom is 0.261 e. The van der Waals surface area contributed by atoms with Gasteiger partial charge in [0.25, 0.3) is 5.91 Å². The van der Waals surface area contributed by atoms with Gasteiger partial charge in [0, 0.05) is 36.4 Å². The second-order valence-electron chi connectivity index (χ2n) is 6.16. The highest BCUT2D eigenvalue weighted by Gasteiger charge is 2.09. The molecule has 0 aliphatic rings. The number of amides is 1. The van der Waals surface area contributed by atoms with Crippen molar-refractivity contribution in [2.24, 2.45) is 0 Å². The SMILES string of the molecule is Cc1ccc(C(=O)NCc2cn(-c3ccc(C(=N)N(C)C)cc3)cn2)s1. The van der Waals surface area contributed by atoms with E-state index in [-0.39, 0.29) is 5.91 Å². The molecule has 0 fully saturated rings. The van der Waals surface area contributed by atoms with E-state index in [4.69, 9.17) is 5.41 Å². The summed E-state index contributed by atoms with van der Waals surface area (Å²) < 4.78 is 1.90. The lowest BCUT2D eigenvalue weighted by Gasteiger charge is -2.14. The number of carbonyl (C=O) groups excluding carboxylic acids is 1. The normalized spacial score (nSPS) is 10.6. The Morgan fingerprint density at radius 1 is 1.23 bits per heavy atom. The minimum atomic E-state index is -0.0794. The Labute approximate surface area is 156 Å². The Kier molecular flexibility index (Phi) is 5.18. The van der Waals surface area contributed by atoms with E-state index in [2.05, 4.69) is 10.3 Å². The lowest BCUT2D eigenvalue weighted by atomic mass is 10.2. The third kappa shape index (κ3) is 4.00. The summed E-state index contributed by atoms with van der Waals surface area (Å²) in [6.45, 7) is 2.36.